The van der Waals surface area contributed by atoms with Crippen molar-refractivity contribution in [3.8, 4) is 0 Å². The molecular weight excluding hydrogens is 396 g/mol. The lowest BCUT2D eigenvalue weighted by molar-refractivity contribution is -0.0969. The second-order valence-corrected chi connectivity index (χ2v) is 8.21. The Morgan fingerprint density at radius 3 is 2.48 bits per heavy atom. The first-order valence-corrected chi connectivity index (χ1v) is 10.7. The number of carbonyl (C=O) groups is 3. The molecule has 160 valence electrons. The summed E-state index contributed by atoms with van der Waals surface area (Å²) in [5.74, 6) is -0.661. The van der Waals surface area contributed by atoms with Crippen molar-refractivity contribution in [2.45, 2.75) is 25.7 Å². The van der Waals surface area contributed by atoms with Crippen molar-refractivity contribution < 1.29 is 23.9 Å². The number of fused-ring (bicyclic) bond motifs is 1. The summed E-state index contributed by atoms with van der Waals surface area (Å²) >= 11 is 0. The Morgan fingerprint density at radius 2 is 1.71 bits per heavy atom. The van der Waals surface area contributed by atoms with Gasteiger partial charge in [-0.3, -0.25) is 19.3 Å². The van der Waals surface area contributed by atoms with Gasteiger partial charge in [0, 0.05) is 24.6 Å². The second kappa shape index (κ2) is 8.24. The second-order valence-electron chi connectivity index (χ2n) is 8.21. The zero-order chi connectivity index (χ0) is 21.4. The van der Waals surface area contributed by atoms with Crippen LogP contribution in [-0.2, 0) is 16.0 Å². The van der Waals surface area contributed by atoms with Gasteiger partial charge in [-0.2, -0.15) is 0 Å². The van der Waals surface area contributed by atoms with Crippen molar-refractivity contribution in [1.82, 2.24) is 9.80 Å². The number of carbonyl (C=O) groups excluding carboxylic acids is 3. The molecule has 3 amide bonds. The molecule has 7 nitrogen and oxygen atoms in total. The molecule has 0 aromatic heterocycles. The summed E-state index contributed by atoms with van der Waals surface area (Å²) in [4.78, 5) is 41.9. The molecule has 3 aliphatic rings. The lowest BCUT2D eigenvalue weighted by Crippen LogP contribution is -2.43. The predicted octanol–water partition coefficient (Wildman–Crippen LogP) is 2.71. The molecule has 0 N–H and O–H groups in total. The molecule has 0 bridgehead atoms. The summed E-state index contributed by atoms with van der Waals surface area (Å²) < 4.78 is 11.3. The molecular formula is C24H24N2O5. The van der Waals surface area contributed by atoms with Crippen LogP contribution in [0.4, 0.5) is 0 Å². The lowest BCUT2D eigenvalue weighted by atomic mass is 9.96. The van der Waals surface area contributed by atoms with E-state index >= 15 is 0 Å². The minimum absolute atomic E-state index is 0.132. The first-order chi connectivity index (χ1) is 15.1. The predicted molar refractivity (Wildman–Crippen MR) is 111 cm³/mol. The Kier molecular flexibility index (Phi) is 5.29. The van der Waals surface area contributed by atoms with Crippen LogP contribution in [0.1, 0.15) is 49.5 Å². The van der Waals surface area contributed by atoms with Gasteiger partial charge in [-0.05, 0) is 36.6 Å². The van der Waals surface area contributed by atoms with E-state index in [-0.39, 0.29) is 36.5 Å². The monoisotopic (exact) mass is 420 g/mol. The largest absolute Gasteiger partial charge is 0.350 e. The fraction of sp³-hybridized carbons (Fsp3) is 0.375. The molecule has 0 saturated carbocycles. The van der Waals surface area contributed by atoms with E-state index in [9.17, 15) is 14.4 Å². The van der Waals surface area contributed by atoms with Gasteiger partial charge < -0.3 is 14.4 Å². The number of ether oxygens (including phenoxy) is 2. The molecule has 1 unspecified atom stereocenters. The number of likely N-dealkylation sites (tertiary alicyclic amines) is 1. The van der Waals surface area contributed by atoms with Crippen LogP contribution < -0.4 is 0 Å². The first kappa shape index (κ1) is 19.9. The Hall–Kier alpha value is -3.03. The highest BCUT2D eigenvalue weighted by atomic mass is 16.7. The van der Waals surface area contributed by atoms with E-state index in [2.05, 4.69) is 0 Å². The number of hydrogen-bond acceptors (Lipinski definition) is 5. The Balaban J connectivity index is 1.33. The number of nitrogens with zero attached hydrogens (tertiary/aromatic N) is 2. The molecule has 0 spiro atoms. The van der Waals surface area contributed by atoms with E-state index in [1.807, 2.05) is 30.3 Å². The molecule has 2 fully saturated rings. The van der Waals surface area contributed by atoms with Crippen molar-refractivity contribution in [3.05, 3.63) is 70.8 Å². The topological polar surface area (TPSA) is 76.2 Å². The summed E-state index contributed by atoms with van der Waals surface area (Å²) in [5, 5.41) is 0. The van der Waals surface area contributed by atoms with Crippen LogP contribution in [-0.4, -0.2) is 60.1 Å². The van der Waals surface area contributed by atoms with Gasteiger partial charge in [0.1, 0.15) is 0 Å². The van der Waals surface area contributed by atoms with Gasteiger partial charge in [0.25, 0.3) is 17.7 Å². The summed E-state index contributed by atoms with van der Waals surface area (Å²) in [5.41, 5.74) is 1.95. The Bertz CT molecular complexity index is 1020. The van der Waals surface area contributed by atoms with Gasteiger partial charge in [-0.25, -0.2) is 0 Å². The standard InChI is InChI=1S/C24H24N2O5/c27-21(25-10-4-7-18(15-25)24-30-11-12-31-24)17-8-9-19-20(13-17)23(29)26(22(19)28)14-16-5-2-1-3-6-16/h1-3,5-6,8-9,13,18,24H,4,7,10-12,14-15H2. The van der Waals surface area contributed by atoms with E-state index in [1.165, 1.54) is 4.90 Å². The minimum Gasteiger partial charge on any atom is -0.350 e. The van der Waals surface area contributed by atoms with Crippen LogP contribution in [0.2, 0.25) is 0 Å². The molecule has 7 heteroatoms. The molecule has 0 radical (unpaired) electrons. The average molecular weight is 420 g/mol. The third kappa shape index (κ3) is 3.75. The van der Waals surface area contributed by atoms with E-state index in [1.54, 1.807) is 23.1 Å². The SMILES string of the molecule is O=C(c1ccc2c(c1)C(=O)N(Cc1ccccc1)C2=O)N1CCCC(C2OCCO2)C1. The third-order valence-corrected chi connectivity index (χ3v) is 6.18. The number of benzene rings is 2. The van der Waals surface area contributed by atoms with Crippen LogP contribution >= 0.6 is 0 Å². The maximum Gasteiger partial charge on any atom is 0.261 e. The zero-order valence-corrected chi connectivity index (χ0v) is 17.2. The lowest BCUT2D eigenvalue weighted by Gasteiger charge is -2.34. The molecule has 0 aliphatic carbocycles. The maximum atomic E-state index is 13.2. The van der Waals surface area contributed by atoms with Gasteiger partial charge in [-0.1, -0.05) is 30.3 Å². The van der Waals surface area contributed by atoms with Crippen LogP contribution in [0.25, 0.3) is 0 Å². The smallest absolute Gasteiger partial charge is 0.261 e. The van der Waals surface area contributed by atoms with Crippen molar-refractivity contribution in [3.63, 3.8) is 0 Å². The fourth-order valence-corrected chi connectivity index (χ4v) is 4.58. The van der Waals surface area contributed by atoms with Gasteiger partial charge in [0.2, 0.25) is 0 Å². The number of piperidine rings is 1. The number of amides is 3. The van der Waals surface area contributed by atoms with Crippen LogP contribution in [0.5, 0.6) is 0 Å². The third-order valence-electron chi connectivity index (χ3n) is 6.18. The van der Waals surface area contributed by atoms with Crippen molar-refractivity contribution in [2.24, 2.45) is 5.92 Å². The van der Waals surface area contributed by atoms with E-state index < -0.39 is 0 Å². The average Bonchev–Trinajstić information content (AvgIpc) is 3.43. The summed E-state index contributed by atoms with van der Waals surface area (Å²) in [6.07, 6.45) is 1.59. The molecule has 31 heavy (non-hydrogen) atoms. The van der Waals surface area contributed by atoms with Gasteiger partial charge in [0.15, 0.2) is 6.29 Å². The molecule has 2 saturated heterocycles. The number of hydrogen-bond donors (Lipinski definition) is 0. The molecule has 5 rings (SSSR count). The molecule has 1 atom stereocenters. The van der Waals surface area contributed by atoms with Crippen molar-refractivity contribution in [2.75, 3.05) is 26.3 Å². The number of imide groups is 1. The van der Waals surface area contributed by atoms with Crippen molar-refractivity contribution in [1.29, 1.82) is 0 Å². The van der Waals surface area contributed by atoms with Crippen LogP contribution in [0, 0.1) is 5.92 Å². The highest BCUT2D eigenvalue weighted by molar-refractivity contribution is 6.22. The Morgan fingerprint density at radius 1 is 0.968 bits per heavy atom. The van der Waals surface area contributed by atoms with Crippen LogP contribution in [0.15, 0.2) is 48.5 Å². The molecule has 2 aromatic carbocycles. The van der Waals surface area contributed by atoms with Gasteiger partial charge in [0.05, 0.1) is 30.9 Å². The first-order valence-electron chi connectivity index (χ1n) is 10.7. The fourth-order valence-electron chi connectivity index (χ4n) is 4.58. The van der Waals surface area contributed by atoms with E-state index in [4.69, 9.17) is 9.47 Å². The summed E-state index contributed by atoms with van der Waals surface area (Å²) in [6.45, 7) is 2.62. The maximum absolute atomic E-state index is 13.2. The molecule has 3 aliphatic heterocycles. The highest BCUT2D eigenvalue weighted by Gasteiger charge is 2.37. The minimum atomic E-state index is -0.359. The van der Waals surface area contributed by atoms with Gasteiger partial charge >= 0.3 is 0 Å². The zero-order valence-electron chi connectivity index (χ0n) is 17.2. The summed E-state index contributed by atoms with van der Waals surface area (Å²) in [6, 6.07) is 14.2. The molecule has 2 aromatic rings. The van der Waals surface area contributed by atoms with Gasteiger partial charge in [-0.15, -0.1) is 0 Å². The summed E-state index contributed by atoms with van der Waals surface area (Å²) in [7, 11) is 0. The van der Waals surface area contributed by atoms with E-state index in [0.717, 1.165) is 18.4 Å². The molecule has 3 heterocycles. The Labute approximate surface area is 180 Å². The highest BCUT2D eigenvalue weighted by Crippen LogP contribution is 2.28. The van der Waals surface area contributed by atoms with E-state index in [0.29, 0.717) is 43.0 Å². The van der Waals surface area contributed by atoms with Crippen molar-refractivity contribution >= 4 is 17.7 Å². The normalized spacial score (nSPS) is 21.6. The number of rotatable bonds is 4. The quantitative estimate of drug-likeness (QED) is 0.711. The van der Waals surface area contributed by atoms with Crippen LogP contribution in [0.3, 0.4) is 0 Å².